The van der Waals surface area contributed by atoms with Gasteiger partial charge in [-0.3, -0.25) is 14.6 Å². The highest BCUT2D eigenvalue weighted by atomic mass is 35.5. The maximum atomic E-state index is 11.7. The summed E-state index contributed by atoms with van der Waals surface area (Å²) in [7, 11) is 0. The number of carbonyl (C=O) groups excluding carboxylic acids is 1. The van der Waals surface area contributed by atoms with Gasteiger partial charge in [0, 0.05) is 6.07 Å². The number of aromatic nitrogens is 3. The fourth-order valence-corrected chi connectivity index (χ4v) is 1.31. The number of carbonyl (C=O) groups is 1. The first kappa shape index (κ1) is 11.3. The lowest BCUT2D eigenvalue weighted by atomic mass is 10.3. The van der Waals surface area contributed by atoms with Crippen molar-refractivity contribution < 1.29 is 4.79 Å². The van der Waals surface area contributed by atoms with Crippen molar-refractivity contribution in [2.24, 2.45) is 0 Å². The summed E-state index contributed by atoms with van der Waals surface area (Å²) in [6, 6.07) is 4.28. The van der Waals surface area contributed by atoms with Gasteiger partial charge in [-0.1, -0.05) is 17.7 Å². The quantitative estimate of drug-likeness (QED) is 0.835. The van der Waals surface area contributed by atoms with Crippen molar-refractivity contribution >= 4 is 23.3 Å². The lowest BCUT2D eigenvalue weighted by molar-refractivity contribution is 0.102. The van der Waals surface area contributed by atoms with Crippen LogP contribution in [0.2, 0.25) is 5.15 Å². The van der Waals surface area contributed by atoms with Crippen LogP contribution in [0.25, 0.3) is 0 Å². The van der Waals surface area contributed by atoms with Crippen LogP contribution < -0.4 is 10.9 Å². The molecule has 2 aromatic rings. The third-order valence-electron chi connectivity index (χ3n) is 1.86. The summed E-state index contributed by atoms with van der Waals surface area (Å²) in [5.74, 6) is -0.272. The molecule has 0 spiro atoms. The first-order valence-corrected chi connectivity index (χ1v) is 5.01. The summed E-state index contributed by atoms with van der Waals surface area (Å²) in [6.07, 6.45) is 2.70. The summed E-state index contributed by atoms with van der Waals surface area (Å²) in [5, 5.41) is 2.63. The minimum Gasteiger partial charge on any atom is -0.318 e. The first-order valence-electron chi connectivity index (χ1n) is 4.63. The molecule has 86 valence electrons. The van der Waals surface area contributed by atoms with E-state index in [2.05, 4.69) is 20.3 Å². The first-order chi connectivity index (χ1) is 8.15. The molecule has 2 N–H and O–H groups in total. The second kappa shape index (κ2) is 4.75. The average Bonchev–Trinajstić information content (AvgIpc) is 2.29. The van der Waals surface area contributed by atoms with Crippen LogP contribution in [-0.2, 0) is 0 Å². The lowest BCUT2D eigenvalue weighted by Crippen LogP contribution is -2.18. The zero-order valence-electron chi connectivity index (χ0n) is 8.48. The van der Waals surface area contributed by atoms with Gasteiger partial charge in [0.2, 0.25) is 5.56 Å². The average molecular weight is 251 g/mol. The third kappa shape index (κ3) is 2.88. The van der Waals surface area contributed by atoms with Gasteiger partial charge < -0.3 is 10.3 Å². The van der Waals surface area contributed by atoms with Crippen molar-refractivity contribution in [3.8, 4) is 0 Å². The van der Waals surface area contributed by atoms with E-state index in [1.807, 2.05) is 0 Å². The Morgan fingerprint density at radius 2 is 2.18 bits per heavy atom. The number of aromatic amines is 1. The lowest BCUT2D eigenvalue weighted by Gasteiger charge is -2.03. The topological polar surface area (TPSA) is 87.7 Å². The molecule has 0 unspecified atom stereocenters. The van der Waals surface area contributed by atoms with Gasteiger partial charge >= 0.3 is 0 Å². The smallest absolute Gasteiger partial charge is 0.273 e. The zero-order chi connectivity index (χ0) is 12.3. The van der Waals surface area contributed by atoms with E-state index in [0.717, 1.165) is 0 Å². The maximum absolute atomic E-state index is 11.7. The van der Waals surface area contributed by atoms with Gasteiger partial charge in [0.25, 0.3) is 5.91 Å². The molecule has 0 bridgehead atoms. The van der Waals surface area contributed by atoms with E-state index in [0.29, 0.717) is 0 Å². The largest absolute Gasteiger partial charge is 0.318 e. The second-order valence-corrected chi connectivity index (χ2v) is 3.50. The van der Waals surface area contributed by atoms with Crippen molar-refractivity contribution in [1.82, 2.24) is 15.0 Å². The van der Waals surface area contributed by atoms with Crippen LogP contribution in [-0.4, -0.2) is 20.9 Å². The molecule has 2 heterocycles. The van der Waals surface area contributed by atoms with E-state index in [9.17, 15) is 9.59 Å². The summed E-state index contributed by atoms with van der Waals surface area (Å²) >= 11 is 5.62. The molecular weight excluding hydrogens is 244 g/mol. The molecule has 7 heteroatoms. The third-order valence-corrected chi connectivity index (χ3v) is 2.04. The Balaban J connectivity index is 2.20. The van der Waals surface area contributed by atoms with Crippen molar-refractivity contribution in [2.45, 2.75) is 0 Å². The van der Waals surface area contributed by atoms with E-state index in [1.165, 1.54) is 30.6 Å². The van der Waals surface area contributed by atoms with Crippen LogP contribution in [0.15, 0.2) is 35.4 Å². The Morgan fingerprint density at radius 3 is 2.88 bits per heavy atom. The molecule has 2 rings (SSSR count). The predicted molar refractivity (Wildman–Crippen MR) is 62.1 cm³/mol. The molecule has 17 heavy (non-hydrogen) atoms. The fourth-order valence-electron chi connectivity index (χ4n) is 1.17. The van der Waals surface area contributed by atoms with Crippen molar-refractivity contribution in [1.29, 1.82) is 0 Å². The van der Waals surface area contributed by atoms with E-state index in [1.54, 1.807) is 0 Å². The van der Waals surface area contributed by atoms with E-state index >= 15 is 0 Å². The molecule has 0 aliphatic rings. The number of pyridine rings is 1. The number of nitrogens with one attached hydrogen (secondary N) is 2. The Bertz CT molecular complexity index is 611. The molecular formula is C10H7ClN4O2. The molecule has 0 saturated carbocycles. The number of rotatable bonds is 2. The molecule has 0 aliphatic carbocycles. The second-order valence-electron chi connectivity index (χ2n) is 3.11. The van der Waals surface area contributed by atoms with Crippen LogP contribution in [0.1, 0.15) is 10.5 Å². The molecule has 0 atom stereocenters. The molecule has 2 aromatic heterocycles. The van der Waals surface area contributed by atoms with E-state index in [-0.39, 0.29) is 22.2 Å². The Morgan fingerprint density at radius 1 is 1.35 bits per heavy atom. The zero-order valence-corrected chi connectivity index (χ0v) is 9.23. The van der Waals surface area contributed by atoms with Gasteiger partial charge in [-0.15, -0.1) is 0 Å². The highest BCUT2D eigenvalue weighted by Gasteiger charge is 2.07. The molecule has 6 nitrogen and oxygen atoms in total. The molecule has 0 saturated heterocycles. The molecule has 1 amide bonds. The van der Waals surface area contributed by atoms with Gasteiger partial charge in [0.1, 0.15) is 10.8 Å². The van der Waals surface area contributed by atoms with Gasteiger partial charge in [-0.25, -0.2) is 4.98 Å². The van der Waals surface area contributed by atoms with Crippen molar-refractivity contribution in [2.75, 3.05) is 5.32 Å². The Hall–Kier alpha value is -2.21. The number of nitrogens with zero attached hydrogens (tertiary/aromatic N) is 2. The number of H-pyrrole nitrogens is 1. The van der Waals surface area contributed by atoms with Gasteiger partial charge in [-0.05, 0) is 6.07 Å². The van der Waals surface area contributed by atoms with E-state index in [4.69, 9.17) is 11.6 Å². The Kier molecular flexibility index (Phi) is 3.15. The van der Waals surface area contributed by atoms with Crippen LogP contribution in [0, 0.1) is 0 Å². The summed E-state index contributed by atoms with van der Waals surface area (Å²) in [5.41, 5.74) is -0.214. The predicted octanol–water partition coefficient (Wildman–Crippen LogP) is 1.07. The molecule has 0 aliphatic heterocycles. The number of halogens is 1. The summed E-state index contributed by atoms with van der Waals surface area (Å²) in [6.45, 7) is 0. The highest BCUT2D eigenvalue weighted by Crippen LogP contribution is 2.07. The van der Waals surface area contributed by atoms with Crippen molar-refractivity contribution in [3.05, 3.63) is 51.8 Å². The van der Waals surface area contributed by atoms with Crippen LogP contribution in [0.3, 0.4) is 0 Å². The van der Waals surface area contributed by atoms with Gasteiger partial charge in [0.05, 0.1) is 12.4 Å². The summed E-state index contributed by atoms with van der Waals surface area (Å²) in [4.78, 5) is 32.7. The van der Waals surface area contributed by atoms with Crippen LogP contribution in [0.4, 0.5) is 5.82 Å². The number of amides is 1. The molecule has 0 aromatic carbocycles. The van der Waals surface area contributed by atoms with Crippen LogP contribution >= 0.6 is 11.6 Å². The van der Waals surface area contributed by atoms with Crippen molar-refractivity contribution in [3.63, 3.8) is 0 Å². The van der Waals surface area contributed by atoms with E-state index < -0.39 is 5.91 Å². The molecule has 0 fully saturated rings. The van der Waals surface area contributed by atoms with Gasteiger partial charge in [-0.2, -0.15) is 0 Å². The minimum atomic E-state index is -0.487. The van der Waals surface area contributed by atoms with Crippen LogP contribution in [0.5, 0.6) is 0 Å². The normalized spacial score (nSPS) is 9.94. The standard InChI is InChI=1S/C10H7ClN4O2/c11-7-4-12-5-8(14-7)15-10(17)6-2-1-3-9(16)13-6/h1-5H,(H,13,16)(H,14,15,17). The SMILES string of the molecule is O=C(Nc1cncc(Cl)n1)c1cccc(=O)[nH]1. The molecule has 0 radical (unpaired) electrons. The minimum absolute atomic E-state index is 0.138. The number of hydrogen-bond acceptors (Lipinski definition) is 4. The highest BCUT2D eigenvalue weighted by molar-refractivity contribution is 6.29. The number of hydrogen-bond donors (Lipinski definition) is 2. The Labute approximate surface area is 101 Å². The maximum Gasteiger partial charge on any atom is 0.273 e. The fraction of sp³-hybridized carbons (Fsp3) is 0. The van der Waals surface area contributed by atoms with Gasteiger partial charge in [0.15, 0.2) is 5.82 Å². The summed E-state index contributed by atoms with van der Waals surface area (Å²) < 4.78 is 0. The monoisotopic (exact) mass is 250 g/mol. The number of anilines is 1.